The quantitative estimate of drug-likeness (QED) is 0.421. The number of hydrogen-bond acceptors (Lipinski definition) is 9. The van der Waals surface area contributed by atoms with Gasteiger partial charge in [0.25, 0.3) is 0 Å². The molecule has 2 fully saturated rings. The number of pyridine rings is 1. The molecule has 2 aliphatic rings. The number of nitrogens with zero attached hydrogens (tertiary/aromatic N) is 5. The van der Waals surface area contributed by atoms with Crippen LogP contribution < -0.4 is 4.90 Å². The van der Waals surface area contributed by atoms with Crippen molar-refractivity contribution in [3.05, 3.63) is 48.5 Å². The lowest BCUT2D eigenvalue weighted by Gasteiger charge is -2.36. The van der Waals surface area contributed by atoms with Crippen LogP contribution in [0.3, 0.4) is 0 Å². The summed E-state index contributed by atoms with van der Waals surface area (Å²) in [7, 11) is 0. The largest absolute Gasteiger partial charge is 0.490 e. The third-order valence-electron chi connectivity index (χ3n) is 5.03. The molecule has 2 aliphatic heterocycles. The van der Waals surface area contributed by atoms with E-state index in [9.17, 15) is 39.5 Å². The molecule has 240 valence electrons. The molecule has 0 aromatic carbocycles. The van der Waals surface area contributed by atoms with Crippen LogP contribution in [-0.2, 0) is 25.7 Å². The summed E-state index contributed by atoms with van der Waals surface area (Å²) in [6.07, 6.45) is -9.58. The summed E-state index contributed by atoms with van der Waals surface area (Å²) in [5, 5.41) is 21.4. The first-order valence-electron chi connectivity index (χ1n) is 11.4. The summed E-state index contributed by atoms with van der Waals surface area (Å²) in [5.74, 6) is -7.46. The van der Waals surface area contributed by atoms with Crippen molar-refractivity contribution < 1.29 is 74.0 Å². The van der Waals surface area contributed by atoms with E-state index in [1.807, 2.05) is 24.4 Å². The van der Waals surface area contributed by atoms with Gasteiger partial charge in [-0.2, -0.15) is 39.5 Å². The summed E-state index contributed by atoms with van der Waals surface area (Å²) < 4.78 is 101. The Morgan fingerprint density at radius 1 is 0.767 bits per heavy atom. The van der Waals surface area contributed by atoms with Gasteiger partial charge < -0.3 is 25.0 Å². The van der Waals surface area contributed by atoms with Gasteiger partial charge in [-0.25, -0.2) is 24.4 Å². The number of carboxylic acids is 3. The molecule has 43 heavy (non-hydrogen) atoms. The smallest absolute Gasteiger partial charge is 0.475 e. The number of aromatic nitrogens is 3. The molecule has 3 N–H and O–H groups in total. The molecule has 0 amide bonds. The molecule has 2 aromatic heterocycles. The molecule has 12 nitrogen and oxygen atoms in total. The van der Waals surface area contributed by atoms with Gasteiger partial charge in [0.05, 0.1) is 24.4 Å². The van der Waals surface area contributed by atoms with Crippen molar-refractivity contribution in [2.75, 3.05) is 31.1 Å². The molecule has 0 radical (unpaired) electrons. The standard InChI is InChI=1S/C16H19N5O.3C2HF3O2/c1-2-5-17-13(4-1)10-20-11-14-15(12-20)22-9-8-21(14)16-18-6-3-7-19-16;3*3-2(4,5)1(6)7/h1-7,14-15H,8-12H2;3*(H,6,7)/t14-,15+;;;/m1.../s1. The molecule has 21 heteroatoms. The average molecular weight is 639 g/mol. The van der Waals surface area contributed by atoms with Crippen LogP contribution >= 0.6 is 0 Å². The fourth-order valence-corrected chi connectivity index (χ4v) is 3.30. The number of ether oxygens (including phenoxy) is 1. The fraction of sp³-hybridized carbons (Fsp3) is 0.455. The lowest BCUT2D eigenvalue weighted by Crippen LogP contribution is -2.51. The van der Waals surface area contributed by atoms with Gasteiger partial charge in [-0.05, 0) is 18.2 Å². The topological polar surface area (TPSA) is 166 Å². The Balaban J connectivity index is 0.000000363. The molecule has 2 saturated heterocycles. The lowest BCUT2D eigenvalue weighted by atomic mass is 10.1. The number of fused-ring (bicyclic) bond motifs is 1. The average Bonchev–Trinajstić information content (AvgIpc) is 3.32. The Kier molecular flexibility index (Phi) is 13.5. The number of anilines is 1. The van der Waals surface area contributed by atoms with E-state index < -0.39 is 36.4 Å². The Morgan fingerprint density at radius 3 is 1.65 bits per heavy atom. The normalized spacial score (nSPS) is 18.4. The maximum atomic E-state index is 10.6. The maximum absolute atomic E-state index is 10.6. The minimum Gasteiger partial charge on any atom is -0.475 e. The van der Waals surface area contributed by atoms with Crippen molar-refractivity contribution in [3.8, 4) is 0 Å². The predicted molar refractivity (Wildman–Crippen MR) is 123 cm³/mol. The molecular weight excluding hydrogens is 617 g/mol. The van der Waals surface area contributed by atoms with Crippen LogP contribution in [-0.4, -0.2) is 110 Å². The number of morpholine rings is 1. The van der Waals surface area contributed by atoms with Gasteiger partial charge >= 0.3 is 36.4 Å². The number of carboxylic acid groups (broad SMARTS) is 3. The zero-order chi connectivity index (χ0) is 33.0. The highest BCUT2D eigenvalue weighted by atomic mass is 19.4. The third kappa shape index (κ3) is 13.5. The van der Waals surface area contributed by atoms with E-state index in [2.05, 4.69) is 30.8 Å². The summed E-state index contributed by atoms with van der Waals surface area (Å²) >= 11 is 0. The van der Waals surface area contributed by atoms with Crippen molar-refractivity contribution in [3.63, 3.8) is 0 Å². The van der Waals surface area contributed by atoms with E-state index in [4.69, 9.17) is 34.4 Å². The van der Waals surface area contributed by atoms with Crippen LogP contribution in [0.1, 0.15) is 5.69 Å². The van der Waals surface area contributed by atoms with Crippen LogP contribution in [0.5, 0.6) is 0 Å². The van der Waals surface area contributed by atoms with Crippen molar-refractivity contribution in [2.24, 2.45) is 0 Å². The Morgan fingerprint density at radius 2 is 1.23 bits per heavy atom. The number of halogens is 9. The Bertz CT molecular complexity index is 1110. The van der Waals surface area contributed by atoms with Crippen LogP contribution in [0.2, 0.25) is 0 Å². The van der Waals surface area contributed by atoms with Crippen molar-refractivity contribution in [2.45, 2.75) is 37.2 Å². The van der Waals surface area contributed by atoms with Gasteiger partial charge in [-0.3, -0.25) is 9.88 Å². The Hall–Kier alpha value is -4.27. The number of rotatable bonds is 3. The number of carbonyl (C=O) groups is 3. The molecular formula is C22H22F9N5O7. The second kappa shape index (κ2) is 15.8. The summed E-state index contributed by atoms with van der Waals surface area (Å²) in [5.41, 5.74) is 1.10. The molecule has 2 atom stereocenters. The summed E-state index contributed by atoms with van der Waals surface area (Å²) in [6.45, 7) is 4.34. The van der Waals surface area contributed by atoms with Crippen LogP contribution in [0, 0.1) is 0 Å². The SMILES string of the molecule is O=C(O)C(F)(F)F.O=C(O)C(F)(F)F.O=C(O)C(F)(F)F.c1ccc(CN2C[C@@H]3OCCN(c4ncccn4)[C@@H]3C2)nc1. The highest BCUT2D eigenvalue weighted by Gasteiger charge is 2.41. The number of likely N-dealkylation sites (tertiary alicyclic amines) is 1. The van der Waals surface area contributed by atoms with E-state index in [1.54, 1.807) is 12.4 Å². The minimum atomic E-state index is -5.08. The van der Waals surface area contributed by atoms with Gasteiger partial charge in [-0.1, -0.05) is 6.07 Å². The number of alkyl halides is 9. The second-order valence-corrected chi connectivity index (χ2v) is 8.14. The zero-order valence-corrected chi connectivity index (χ0v) is 21.3. The maximum Gasteiger partial charge on any atom is 0.490 e. The van der Waals surface area contributed by atoms with E-state index in [0.717, 1.165) is 44.4 Å². The first-order chi connectivity index (χ1) is 19.7. The van der Waals surface area contributed by atoms with Crippen LogP contribution in [0.15, 0.2) is 42.9 Å². The highest BCUT2D eigenvalue weighted by Crippen LogP contribution is 2.26. The molecule has 4 heterocycles. The van der Waals surface area contributed by atoms with Gasteiger partial charge in [-0.15, -0.1) is 0 Å². The summed E-state index contributed by atoms with van der Waals surface area (Å²) in [4.78, 5) is 44.6. The van der Waals surface area contributed by atoms with E-state index in [-0.39, 0.29) is 6.10 Å². The summed E-state index contributed by atoms with van der Waals surface area (Å²) in [6, 6.07) is 8.22. The lowest BCUT2D eigenvalue weighted by molar-refractivity contribution is -0.193. The van der Waals surface area contributed by atoms with Crippen LogP contribution in [0.25, 0.3) is 0 Å². The Labute approximate surface area is 235 Å². The van der Waals surface area contributed by atoms with Gasteiger partial charge in [0.15, 0.2) is 0 Å². The minimum absolute atomic E-state index is 0.223. The second-order valence-electron chi connectivity index (χ2n) is 8.14. The van der Waals surface area contributed by atoms with Gasteiger partial charge in [0.1, 0.15) is 0 Å². The third-order valence-corrected chi connectivity index (χ3v) is 5.03. The molecule has 0 unspecified atom stereocenters. The molecule has 0 spiro atoms. The van der Waals surface area contributed by atoms with E-state index >= 15 is 0 Å². The number of hydrogen-bond donors (Lipinski definition) is 3. The van der Waals surface area contributed by atoms with Crippen molar-refractivity contribution in [1.29, 1.82) is 0 Å². The predicted octanol–water partition coefficient (Wildman–Crippen LogP) is 2.86. The monoisotopic (exact) mass is 639 g/mol. The molecule has 0 saturated carbocycles. The molecule has 0 aliphatic carbocycles. The fourth-order valence-electron chi connectivity index (χ4n) is 3.30. The molecule has 0 bridgehead atoms. The molecule has 2 aromatic rings. The first kappa shape index (κ1) is 36.8. The first-order valence-corrected chi connectivity index (χ1v) is 11.4. The zero-order valence-electron chi connectivity index (χ0n) is 21.3. The van der Waals surface area contributed by atoms with Gasteiger partial charge in [0.2, 0.25) is 5.95 Å². The van der Waals surface area contributed by atoms with Crippen molar-refractivity contribution in [1.82, 2.24) is 19.9 Å². The van der Waals surface area contributed by atoms with Crippen LogP contribution in [0.4, 0.5) is 45.5 Å². The van der Waals surface area contributed by atoms with Crippen molar-refractivity contribution >= 4 is 23.9 Å². The van der Waals surface area contributed by atoms with E-state index in [0.29, 0.717) is 6.04 Å². The number of aliphatic carboxylic acids is 3. The van der Waals surface area contributed by atoms with E-state index in [1.165, 1.54) is 0 Å². The molecule has 4 rings (SSSR count). The highest BCUT2D eigenvalue weighted by molar-refractivity contribution is 5.73. The van der Waals surface area contributed by atoms with Gasteiger partial charge in [0, 0.05) is 44.8 Å².